The van der Waals surface area contributed by atoms with Gasteiger partial charge in [0.05, 0.1) is 19.8 Å². The van der Waals surface area contributed by atoms with Crippen molar-refractivity contribution in [2.24, 2.45) is 17.8 Å². The van der Waals surface area contributed by atoms with Gasteiger partial charge in [0.15, 0.2) is 0 Å². The van der Waals surface area contributed by atoms with Crippen molar-refractivity contribution >= 4 is 11.9 Å². The smallest absolute Gasteiger partial charge is 0.305 e. The number of rotatable bonds is 51. The van der Waals surface area contributed by atoms with Crippen LogP contribution in [0.1, 0.15) is 285 Å². The monoisotopic (exact) mass is 919 g/mol. The Kier molecular flexibility index (Phi) is 45.5. The minimum atomic E-state index is -0.0150. The van der Waals surface area contributed by atoms with Crippen molar-refractivity contribution in [2.75, 3.05) is 59.1 Å². The number of aliphatic hydroxyl groups excluding tert-OH is 1. The fourth-order valence-corrected chi connectivity index (χ4v) is 10.2. The number of carbonyl (C=O) groups excluding carboxylic acids is 2. The van der Waals surface area contributed by atoms with Crippen molar-refractivity contribution in [2.45, 2.75) is 285 Å². The molecule has 1 aliphatic rings. The standard InChI is InChI=1S/C58H114N2O5/c1-5-9-13-17-21-27-39-55(40-28-22-18-14-10-6-2)52-64-57(62)43-31-25-35-45-59(49-50-61)47-48-60(51-54-37-33-34-38-54)46-36-26-32-44-58(63)65-53-56(41-29-23-19-15-11-7-3)42-30-24-20-16-12-8-4/h54-56,61H,5-53H2,1-4H3. The number of nitrogens with zero attached hydrogens (tertiary/aromatic N) is 2. The van der Waals surface area contributed by atoms with Crippen LogP contribution >= 0.6 is 0 Å². The molecule has 0 aromatic rings. The van der Waals surface area contributed by atoms with Gasteiger partial charge in [0.25, 0.3) is 0 Å². The Morgan fingerprint density at radius 3 is 1.15 bits per heavy atom. The second-order valence-corrected chi connectivity index (χ2v) is 21.0. The molecule has 0 radical (unpaired) electrons. The van der Waals surface area contributed by atoms with Gasteiger partial charge in [-0.2, -0.15) is 0 Å². The van der Waals surface area contributed by atoms with Gasteiger partial charge in [-0.25, -0.2) is 0 Å². The fourth-order valence-electron chi connectivity index (χ4n) is 10.2. The highest BCUT2D eigenvalue weighted by Crippen LogP contribution is 2.26. The van der Waals surface area contributed by atoms with E-state index in [4.69, 9.17) is 9.47 Å². The second kappa shape index (κ2) is 47.9. The molecule has 0 unspecified atom stereocenters. The molecular weight excluding hydrogens is 805 g/mol. The lowest BCUT2D eigenvalue weighted by molar-refractivity contribution is -0.146. The van der Waals surface area contributed by atoms with E-state index in [9.17, 15) is 14.7 Å². The summed E-state index contributed by atoms with van der Waals surface area (Å²) in [6.45, 7) is 16.5. The number of ether oxygens (including phenoxy) is 2. The molecule has 7 nitrogen and oxygen atoms in total. The summed E-state index contributed by atoms with van der Waals surface area (Å²) in [5, 5.41) is 9.92. The lowest BCUT2D eigenvalue weighted by atomic mass is 9.94. The maximum atomic E-state index is 12.9. The van der Waals surface area contributed by atoms with Crippen LogP contribution in [0.25, 0.3) is 0 Å². The molecule has 0 aliphatic heterocycles. The number of aliphatic hydroxyl groups is 1. The van der Waals surface area contributed by atoms with Crippen molar-refractivity contribution in [3.05, 3.63) is 0 Å². The first-order valence-electron chi connectivity index (χ1n) is 29.3. The molecule has 1 fully saturated rings. The molecule has 0 amide bonds. The highest BCUT2D eigenvalue weighted by atomic mass is 16.5. The third-order valence-corrected chi connectivity index (χ3v) is 14.7. The molecular formula is C58H114N2O5. The average Bonchev–Trinajstić information content (AvgIpc) is 3.83. The SMILES string of the molecule is CCCCCCCCC(CCCCCCCC)COC(=O)CCCCCN(CCO)CCN(CCCCCC(=O)OCC(CCCCCCCC)CCCCCCCC)CC1CCCC1. The predicted octanol–water partition coefficient (Wildman–Crippen LogP) is 16.2. The largest absolute Gasteiger partial charge is 0.465 e. The summed E-state index contributed by atoms with van der Waals surface area (Å²) < 4.78 is 11.8. The molecule has 0 aromatic heterocycles. The van der Waals surface area contributed by atoms with Crippen molar-refractivity contribution in [1.82, 2.24) is 9.80 Å². The Morgan fingerprint density at radius 1 is 0.431 bits per heavy atom. The first-order valence-corrected chi connectivity index (χ1v) is 29.3. The molecule has 0 aromatic carbocycles. The molecule has 0 heterocycles. The number of esters is 2. The van der Waals surface area contributed by atoms with Crippen molar-refractivity contribution in [3.8, 4) is 0 Å². The minimum Gasteiger partial charge on any atom is -0.465 e. The highest BCUT2D eigenvalue weighted by molar-refractivity contribution is 5.69. The van der Waals surface area contributed by atoms with Crippen LogP contribution < -0.4 is 0 Å². The molecule has 1 saturated carbocycles. The van der Waals surface area contributed by atoms with E-state index in [-0.39, 0.29) is 18.5 Å². The van der Waals surface area contributed by atoms with E-state index in [0.29, 0.717) is 44.4 Å². The fraction of sp³-hybridized carbons (Fsp3) is 0.966. The van der Waals surface area contributed by atoms with Crippen molar-refractivity contribution in [1.29, 1.82) is 0 Å². The highest BCUT2D eigenvalue weighted by Gasteiger charge is 2.20. The molecule has 7 heteroatoms. The van der Waals surface area contributed by atoms with Gasteiger partial charge in [-0.1, -0.05) is 207 Å². The quantitative estimate of drug-likeness (QED) is 0.0481. The van der Waals surface area contributed by atoms with Crippen molar-refractivity contribution in [3.63, 3.8) is 0 Å². The van der Waals surface area contributed by atoms with Gasteiger partial charge in [-0.15, -0.1) is 0 Å². The maximum Gasteiger partial charge on any atom is 0.305 e. The third-order valence-electron chi connectivity index (χ3n) is 14.7. The van der Waals surface area contributed by atoms with Gasteiger partial charge in [-0.3, -0.25) is 14.5 Å². The summed E-state index contributed by atoms with van der Waals surface area (Å²) in [6.07, 6.45) is 49.0. The molecule has 65 heavy (non-hydrogen) atoms. The molecule has 386 valence electrons. The van der Waals surface area contributed by atoms with Crippen molar-refractivity contribution < 1.29 is 24.2 Å². The Morgan fingerprint density at radius 2 is 0.769 bits per heavy atom. The van der Waals surface area contributed by atoms with Gasteiger partial charge in [0.1, 0.15) is 0 Å². The van der Waals surface area contributed by atoms with Gasteiger partial charge < -0.3 is 19.5 Å². The van der Waals surface area contributed by atoms with Crippen LogP contribution in [-0.4, -0.2) is 85.9 Å². The Labute approximate surface area is 405 Å². The zero-order valence-electron chi connectivity index (χ0n) is 44.4. The average molecular weight is 920 g/mol. The van der Waals surface area contributed by atoms with E-state index in [0.717, 1.165) is 70.6 Å². The molecule has 1 rings (SSSR count). The number of carbonyl (C=O) groups is 2. The van der Waals surface area contributed by atoms with Gasteiger partial charge in [-0.05, 0) is 95.1 Å². The summed E-state index contributed by atoms with van der Waals surface area (Å²) in [4.78, 5) is 30.8. The molecule has 1 aliphatic carbocycles. The number of unbranched alkanes of at least 4 members (excludes halogenated alkanes) is 24. The van der Waals surface area contributed by atoms with Crippen LogP contribution in [0.4, 0.5) is 0 Å². The number of hydrogen-bond acceptors (Lipinski definition) is 7. The van der Waals surface area contributed by atoms with E-state index < -0.39 is 0 Å². The molecule has 0 atom stereocenters. The first kappa shape index (κ1) is 61.8. The summed E-state index contributed by atoms with van der Waals surface area (Å²) in [7, 11) is 0. The van der Waals surface area contributed by atoms with Crippen LogP contribution in [0, 0.1) is 17.8 Å². The van der Waals surface area contributed by atoms with Crippen LogP contribution in [-0.2, 0) is 19.1 Å². The lowest BCUT2D eigenvalue weighted by Gasteiger charge is -2.29. The number of hydrogen-bond donors (Lipinski definition) is 1. The first-order chi connectivity index (χ1) is 31.9. The van der Waals surface area contributed by atoms with Crippen LogP contribution in [0.2, 0.25) is 0 Å². The maximum absolute atomic E-state index is 12.9. The summed E-state index contributed by atoms with van der Waals surface area (Å²) in [6, 6.07) is 0. The Balaban J connectivity index is 2.44. The normalized spacial score (nSPS) is 13.4. The molecule has 0 saturated heterocycles. The van der Waals surface area contributed by atoms with E-state index >= 15 is 0 Å². The topological polar surface area (TPSA) is 79.3 Å². The van der Waals surface area contributed by atoms with E-state index in [2.05, 4.69) is 37.5 Å². The van der Waals surface area contributed by atoms with Crippen LogP contribution in [0.5, 0.6) is 0 Å². The van der Waals surface area contributed by atoms with E-state index in [1.54, 1.807) is 0 Å². The van der Waals surface area contributed by atoms with Gasteiger partial charge in [0, 0.05) is 39.0 Å². The zero-order valence-corrected chi connectivity index (χ0v) is 44.4. The van der Waals surface area contributed by atoms with E-state index in [1.165, 1.54) is 212 Å². The molecule has 1 N–H and O–H groups in total. The molecule has 0 bridgehead atoms. The zero-order chi connectivity index (χ0) is 47.1. The second-order valence-electron chi connectivity index (χ2n) is 21.0. The van der Waals surface area contributed by atoms with E-state index in [1.807, 2.05) is 0 Å². The summed E-state index contributed by atoms with van der Waals surface area (Å²) >= 11 is 0. The van der Waals surface area contributed by atoms with Crippen LogP contribution in [0.15, 0.2) is 0 Å². The third kappa shape index (κ3) is 40.4. The minimum absolute atomic E-state index is 0.00600. The van der Waals surface area contributed by atoms with Crippen LogP contribution in [0.3, 0.4) is 0 Å². The Bertz CT molecular complexity index is 973. The lowest BCUT2D eigenvalue weighted by Crippen LogP contribution is -2.39. The predicted molar refractivity (Wildman–Crippen MR) is 280 cm³/mol. The molecule has 0 spiro atoms. The summed E-state index contributed by atoms with van der Waals surface area (Å²) in [5.74, 6) is 1.84. The Hall–Kier alpha value is -1.18. The summed E-state index contributed by atoms with van der Waals surface area (Å²) in [5.41, 5.74) is 0. The van der Waals surface area contributed by atoms with Gasteiger partial charge in [0.2, 0.25) is 0 Å². The van der Waals surface area contributed by atoms with Gasteiger partial charge >= 0.3 is 11.9 Å².